The van der Waals surface area contributed by atoms with Crippen molar-refractivity contribution in [3.63, 3.8) is 0 Å². The van der Waals surface area contributed by atoms with Crippen LogP contribution >= 0.6 is 0 Å². The van der Waals surface area contributed by atoms with Crippen LogP contribution in [0.3, 0.4) is 0 Å². The van der Waals surface area contributed by atoms with Gasteiger partial charge in [-0.25, -0.2) is 4.98 Å². The first kappa shape index (κ1) is 10.5. The number of nitrogens with zero attached hydrogens (tertiary/aromatic N) is 1. The van der Waals surface area contributed by atoms with Crippen LogP contribution < -0.4 is 16.8 Å². The van der Waals surface area contributed by atoms with Gasteiger partial charge in [-0.1, -0.05) is 0 Å². The highest BCUT2D eigenvalue weighted by molar-refractivity contribution is 5.98. The predicted octanol–water partition coefficient (Wildman–Crippen LogP) is -0.140. The maximum Gasteiger partial charge on any atom is 0.252 e. The average Bonchev–Trinajstić information content (AvgIpc) is 2.14. The van der Waals surface area contributed by atoms with Crippen molar-refractivity contribution >= 4 is 11.7 Å². The number of amides is 1. The fraction of sp³-hybridized carbons (Fsp3) is 0.333. The molecular formula is C9H14N4O. The van der Waals surface area contributed by atoms with Gasteiger partial charge in [0.05, 0.1) is 5.56 Å². The van der Waals surface area contributed by atoms with Crippen molar-refractivity contribution in [2.75, 3.05) is 18.4 Å². The second-order valence-corrected chi connectivity index (χ2v) is 2.93. The van der Waals surface area contributed by atoms with E-state index in [9.17, 15) is 4.79 Å². The van der Waals surface area contributed by atoms with Gasteiger partial charge in [0.25, 0.3) is 5.91 Å². The van der Waals surface area contributed by atoms with Gasteiger partial charge >= 0.3 is 0 Å². The van der Waals surface area contributed by atoms with Gasteiger partial charge in [-0.2, -0.15) is 0 Å². The molecule has 14 heavy (non-hydrogen) atoms. The van der Waals surface area contributed by atoms with Crippen LogP contribution in [0.25, 0.3) is 0 Å². The molecule has 1 amide bonds. The maximum atomic E-state index is 11.1. The highest BCUT2D eigenvalue weighted by Gasteiger charge is 2.11. The zero-order valence-electron chi connectivity index (χ0n) is 8.08. The molecule has 1 aromatic rings. The van der Waals surface area contributed by atoms with E-state index in [1.54, 1.807) is 12.3 Å². The van der Waals surface area contributed by atoms with Crippen LogP contribution in [-0.2, 0) is 0 Å². The number of anilines is 1. The Morgan fingerprint density at radius 3 is 2.93 bits per heavy atom. The number of aromatic nitrogens is 1. The van der Waals surface area contributed by atoms with Crippen molar-refractivity contribution in [2.45, 2.75) is 6.92 Å². The first-order chi connectivity index (χ1) is 6.66. The standard InChI is InChI=1S/C9H14N4O/c1-6-2-4-12-9(13-5-3-10)7(6)8(11)14/h2,4H,3,5,10H2,1H3,(H2,11,14)(H,12,13). The highest BCUT2D eigenvalue weighted by atomic mass is 16.1. The number of primary amides is 1. The van der Waals surface area contributed by atoms with Gasteiger partial charge in [0.15, 0.2) is 0 Å². The van der Waals surface area contributed by atoms with Gasteiger partial charge in [-0.15, -0.1) is 0 Å². The van der Waals surface area contributed by atoms with Crippen LogP contribution in [0, 0.1) is 6.92 Å². The van der Waals surface area contributed by atoms with Crippen LogP contribution in [0.1, 0.15) is 15.9 Å². The molecule has 0 aliphatic heterocycles. The van der Waals surface area contributed by atoms with Crippen molar-refractivity contribution in [3.8, 4) is 0 Å². The van der Waals surface area contributed by atoms with E-state index in [0.717, 1.165) is 5.56 Å². The van der Waals surface area contributed by atoms with Crippen molar-refractivity contribution in [1.29, 1.82) is 0 Å². The monoisotopic (exact) mass is 194 g/mol. The molecule has 1 heterocycles. The predicted molar refractivity (Wildman–Crippen MR) is 55.0 cm³/mol. The molecule has 0 bridgehead atoms. The molecule has 5 N–H and O–H groups in total. The summed E-state index contributed by atoms with van der Waals surface area (Å²) in [6.07, 6.45) is 1.63. The number of hydrogen-bond donors (Lipinski definition) is 3. The van der Waals surface area contributed by atoms with Gasteiger partial charge in [0.1, 0.15) is 5.82 Å². The second-order valence-electron chi connectivity index (χ2n) is 2.93. The van der Waals surface area contributed by atoms with Crippen LogP contribution in [0.15, 0.2) is 12.3 Å². The molecule has 76 valence electrons. The minimum atomic E-state index is -0.477. The maximum absolute atomic E-state index is 11.1. The minimum absolute atomic E-state index is 0.431. The summed E-state index contributed by atoms with van der Waals surface area (Å²) in [5, 5.41) is 2.95. The highest BCUT2D eigenvalue weighted by Crippen LogP contribution is 2.15. The Bertz CT molecular complexity index is 338. The Morgan fingerprint density at radius 2 is 2.36 bits per heavy atom. The number of carbonyl (C=O) groups is 1. The number of rotatable bonds is 4. The molecule has 0 atom stereocenters. The summed E-state index contributed by atoms with van der Waals surface area (Å²) in [5.41, 5.74) is 11.8. The fourth-order valence-electron chi connectivity index (χ4n) is 1.19. The summed E-state index contributed by atoms with van der Waals surface area (Å²) in [4.78, 5) is 15.1. The number of nitrogens with one attached hydrogen (secondary N) is 1. The Hall–Kier alpha value is -1.62. The Balaban J connectivity index is 3.02. The van der Waals surface area contributed by atoms with E-state index in [0.29, 0.717) is 24.5 Å². The topological polar surface area (TPSA) is 94.0 Å². The third-order valence-corrected chi connectivity index (χ3v) is 1.84. The SMILES string of the molecule is Cc1ccnc(NCCN)c1C(N)=O. The first-order valence-corrected chi connectivity index (χ1v) is 4.36. The number of aryl methyl sites for hydroxylation is 1. The van der Waals surface area contributed by atoms with Crippen molar-refractivity contribution < 1.29 is 4.79 Å². The Kier molecular flexibility index (Phi) is 3.41. The normalized spacial score (nSPS) is 9.86. The lowest BCUT2D eigenvalue weighted by molar-refractivity contribution is 0.1000. The third kappa shape index (κ3) is 2.20. The first-order valence-electron chi connectivity index (χ1n) is 4.36. The van der Waals surface area contributed by atoms with Crippen LogP contribution in [0.5, 0.6) is 0 Å². The average molecular weight is 194 g/mol. The van der Waals surface area contributed by atoms with Crippen molar-refractivity contribution in [3.05, 3.63) is 23.4 Å². The largest absolute Gasteiger partial charge is 0.368 e. The summed E-state index contributed by atoms with van der Waals surface area (Å²) in [5.74, 6) is 0.0260. The number of pyridine rings is 1. The van der Waals surface area contributed by atoms with Gasteiger partial charge in [0, 0.05) is 19.3 Å². The third-order valence-electron chi connectivity index (χ3n) is 1.84. The zero-order valence-corrected chi connectivity index (χ0v) is 8.08. The van der Waals surface area contributed by atoms with Gasteiger partial charge < -0.3 is 16.8 Å². The minimum Gasteiger partial charge on any atom is -0.368 e. The van der Waals surface area contributed by atoms with Gasteiger partial charge in [-0.3, -0.25) is 4.79 Å². The lowest BCUT2D eigenvalue weighted by Gasteiger charge is -2.09. The number of nitrogens with two attached hydrogens (primary N) is 2. The molecule has 0 aliphatic carbocycles. The summed E-state index contributed by atoms with van der Waals surface area (Å²) in [7, 11) is 0. The van der Waals surface area contributed by atoms with Crippen molar-refractivity contribution in [1.82, 2.24) is 4.98 Å². The Morgan fingerprint density at radius 1 is 1.64 bits per heavy atom. The lowest BCUT2D eigenvalue weighted by Crippen LogP contribution is -2.20. The summed E-state index contributed by atoms with van der Waals surface area (Å²) < 4.78 is 0. The van der Waals surface area contributed by atoms with E-state index in [1.165, 1.54) is 0 Å². The Labute approximate surface area is 82.5 Å². The summed E-state index contributed by atoms with van der Waals surface area (Å²) in [6, 6.07) is 1.74. The molecule has 0 saturated carbocycles. The lowest BCUT2D eigenvalue weighted by atomic mass is 10.1. The van der Waals surface area contributed by atoms with Gasteiger partial charge in [0.2, 0.25) is 0 Å². The van der Waals surface area contributed by atoms with E-state index >= 15 is 0 Å². The zero-order chi connectivity index (χ0) is 10.6. The molecule has 1 aromatic heterocycles. The molecule has 0 spiro atoms. The van der Waals surface area contributed by atoms with E-state index in [2.05, 4.69) is 10.3 Å². The van der Waals surface area contributed by atoms with Crippen molar-refractivity contribution in [2.24, 2.45) is 11.5 Å². The quantitative estimate of drug-likeness (QED) is 0.621. The molecule has 0 fully saturated rings. The van der Waals surface area contributed by atoms with Crippen LogP contribution in [0.2, 0.25) is 0 Å². The molecule has 0 aliphatic rings. The molecule has 0 saturated heterocycles. The number of hydrogen-bond acceptors (Lipinski definition) is 4. The smallest absolute Gasteiger partial charge is 0.252 e. The molecule has 1 rings (SSSR count). The van der Waals surface area contributed by atoms with E-state index in [4.69, 9.17) is 11.5 Å². The second kappa shape index (κ2) is 4.57. The summed E-state index contributed by atoms with van der Waals surface area (Å²) in [6.45, 7) is 2.86. The number of carbonyl (C=O) groups excluding carboxylic acids is 1. The molecule has 0 unspecified atom stereocenters. The van der Waals surface area contributed by atoms with E-state index in [-0.39, 0.29) is 0 Å². The van der Waals surface area contributed by atoms with E-state index < -0.39 is 5.91 Å². The molecule has 5 nitrogen and oxygen atoms in total. The van der Waals surface area contributed by atoms with Crippen LogP contribution in [-0.4, -0.2) is 24.0 Å². The fourth-order valence-corrected chi connectivity index (χ4v) is 1.19. The van der Waals surface area contributed by atoms with Gasteiger partial charge in [-0.05, 0) is 18.6 Å². The molecule has 0 radical (unpaired) electrons. The summed E-state index contributed by atoms with van der Waals surface area (Å²) >= 11 is 0. The molecule has 0 aromatic carbocycles. The molecule has 5 heteroatoms. The molecular weight excluding hydrogens is 180 g/mol. The van der Waals surface area contributed by atoms with E-state index in [1.807, 2.05) is 6.92 Å². The van der Waals surface area contributed by atoms with Crippen LogP contribution in [0.4, 0.5) is 5.82 Å².